The number of fused-ring (bicyclic) bond motifs is 1. The molecule has 2 heterocycles. The molecule has 2 aromatic rings. The fourth-order valence-electron chi connectivity index (χ4n) is 2.69. The van der Waals surface area contributed by atoms with Crippen LogP contribution in [-0.4, -0.2) is 42.5 Å². The number of aromatic nitrogens is 1. The van der Waals surface area contributed by atoms with Crippen molar-refractivity contribution < 1.29 is 9.21 Å². The minimum absolute atomic E-state index is 0.0928. The van der Waals surface area contributed by atoms with Crippen LogP contribution in [-0.2, 0) is 4.79 Å². The molecule has 0 spiro atoms. The maximum absolute atomic E-state index is 12.2. The third kappa shape index (κ3) is 2.58. The average Bonchev–Trinajstić information content (AvgIpc) is 3.05. The summed E-state index contributed by atoms with van der Waals surface area (Å²) in [7, 11) is 1.81. The molecule has 0 saturated carbocycles. The summed E-state index contributed by atoms with van der Waals surface area (Å²) in [6.07, 6.45) is 2.14. The second-order valence-electron chi connectivity index (χ2n) is 5.37. The second-order valence-corrected chi connectivity index (χ2v) is 5.37. The van der Waals surface area contributed by atoms with E-state index in [1.54, 1.807) is 17.0 Å². The molecule has 0 aliphatic carbocycles. The Labute approximate surface area is 121 Å². The van der Waals surface area contributed by atoms with Crippen LogP contribution in [0.25, 0.3) is 11.1 Å². The van der Waals surface area contributed by atoms with Crippen molar-refractivity contribution in [1.29, 1.82) is 0 Å². The number of likely N-dealkylation sites (tertiary alicyclic amines) is 1. The van der Waals surface area contributed by atoms with Gasteiger partial charge in [-0.1, -0.05) is 0 Å². The zero-order chi connectivity index (χ0) is 15.0. The standard InChI is InChI=1S/C14H18N4O3/c1-17(8-13(19)18-4-2-3-5-18)11-7-10-12(6-9(11)15)21-14(20)16-10/h6-7H,2-5,8,15H2,1H3,(H,16,20). The Kier molecular flexibility index (Phi) is 3.32. The zero-order valence-electron chi connectivity index (χ0n) is 11.9. The van der Waals surface area contributed by atoms with Gasteiger partial charge in [0.1, 0.15) is 0 Å². The molecule has 3 rings (SSSR count). The van der Waals surface area contributed by atoms with E-state index in [4.69, 9.17) is 10.2 Å². The van der Waals surface area contributed by atoms with E-state index in [-0.39, 0.29) is 12.5 Å². The Hall–Kier alpha value is -2.44. The number of nitrogens with zero attached hydrogens (tertiary/aromatic N) is 2. The van der Waals surface area contributed by atoms with E-state index in [0.717, 1.165) is 25.9 Å². The Morgan fingerprint density at radius 1 is 1.43 bits per heavy atom. The first kappa shape index (κ1) is 13.5. The minimum atomic E-state index is -0.516. The van der Waals surface area contributed by atoms with Crippen LogP contribution in [0.5, 0.6) is 0 Å². The predicted octanol–water partition coefficient (Wildman–Crippen LogP) is 0.762. The molecule has 0 atom stereocenters. The third-order valence-electron chi connectivity index (χ3n) is 3.81. The molecule has 112 valence electrons. The van der Waals surface area contributed by atoms with Gasteiger partial charge in [0.2, 0.25) is 5.91 Å². The Morgan fingerprint density at radius 2 is 2.14 bits per heavy atom. The third-order valence-corrected chi connectivity index (χ3v) is 3.81. The smallest absolute Gasteiger partial charge is 0.408 e. The van der Waals surface area contributed by atoms with Gasteiger partial charge in [-0.3, -0.25) is 9.78 Å². The number of rotatable bonds is 3. The van der Waals surface area contributed by atoms with Gasteiger partial charge in [0, 0.05) is 26.2 Å². The highest BCUT2D eigenvalue weighted by Gasteiger charge is 2.20. The lowest BCUT2D eigenvalue weighted by Crippen LogP contribution is -2.37. The zero-order valence-corrected chi connectivity index (χ0v) is 11.9. The topological polar surface area (TPSA) is 95.6 Å². The van der Waals surface area contributed by atoms with Crippen LogP contribution in [0, 0.1) is 0 Å². The molecule has 7 nitrogen and oxygen atoms in total. The number of amides is 1. The number of oxazole rings is 1. The van der Waals surface area contributed by atoms with Crippen LogP contribution in [0.2, 0.25) is 0 Å². The van der Waals surface area contributed by atoms with Crippen LogP contribution >= 0.6 is 0 Å². The number of hydrogen-bond acceptors (Lipinski definition) is 5. The number of H-pyrrole nitrogens is 1. The number of benzene rings is 1. The Balaban J connectivity index is 1.83. The summed E-state index contributed by atoms with van der Waals surface area (Å²) >= 11 is 0. The molecule has 0 radical (unpaired) electrons. The summed E-state index contributed by atoms with van der Waals surface area (Å²) < 4.78 is 4.96. The summed E-state index contributed by atoms with van der Waals surface area (Å²) in [6.45, 7) is 1.92. The first-order chi connectivity index (χ1) is 10.0. The lowest BCUT2D eigenvalue weighted by Gasteiger charge is -2.23. The number of nitrogen functional groups attached to an aromatic ring is 1. The summed E-state index contributed by atoms with van der Waals surface area (Å²) in [6, 6.07) is 3.33. The SMILES string of the molecule is CN(CC(=O)N1CCCC1)c1cc2[nH]c(=O)oc2cc1N. The molecule has 0 bridgehead atoms. The number of likely N-dealkylation sites (N-methyl/N-ethyl adjacent to an activating group) is 1. The highest BCUT2D eigenvalue weighted by molar-refractivity contribution is 5.88. The average molecular weight is 290 g/mol. The van der Waals surface area contributed by atoms with E-state index in [0.29, 0.717) is 22.5 Å². The molecule has 1 amide bonds. The summed E-state index contributed by atoms with van der Waals surface area (Å²) in [5.41, 5.74) is 8.15. The van der Waals surface area contributed by atoms with Gasteiger partial charge in [-0.15, -0.1) is 0 Å². The number of hydrogen-bond donors (Lipinski definition) is 2. The highest BCUT2D eigenvalue weighted by atomic mass is 16.4. The molecule has 3 N–H and O–H groups in total. The summed E-state index contributed by atoms with van der Waals surface area (Å²) in [5.74, 6) is -0.424. The lowest BCUT2D eigenvalue weighted by molar-refractivity contribution is -0.128. The van der Waals surface area contributed by atoms with Crippen molar-refractivity contribution in [2.45, 2.75) is 12.8 Å². The molecule has 1 aromatic heterocycles. The largest absolute Gasteiger partial charge is 0.417 e. The van der Waals surface area contributed by atoms with E-state index < -0.39 is 5.76 Å². The molecule has 1 saturated heterocycles. The lowest BCUT2D eigenvalue weighted by atomic mass is 10.2. The number of nitrogens with two attached hydrogens (primary N) is 1. The van der Waals surface area contributed by atoms with Gasteiger partial charge < -0.3 is 20.0 Å². The van der Waals surface area contributed by atoms with Gasteiger partial charge in [-0.2, -0.15) is 0 Å². The predicted molar refractivity (Wildman–Crippen MR) is 80.3 cm³/mol. The molecule has 1 aromatic carbocycles. The highest BCUT2D eigenvalue weighted by Crippen LogP contribution is 2.27. The van der Waals surface area contributed by atoms with Crippen LogP contribution in [0.1, 0.15) is 12.8 Å². The van der Waals surface area contributed by atoms with Gasteiger partial charge >= 0.3 is 5.76 Å². The van der Waals surface area contributed by atoms with E-state index in [9.17, 15) is 9.59 Å². The number of carbonyl (C=O) groups excluding carboxylic acids is 1. The molecule has 0 unspecified atom stereocenters. The number of nitrogens with one attached hydrogen (secondary N) is 1. The summed E-state index contributed by atoms with van der Waals surface area (Å²) in [5, 5.41) is 0. The first-order valence-corrected chi connectivity index (χ1v) is 6.96. The van der Waals surface area contributed by atoms with Crippen LogP contribution in [0.3, 0.4) is 0 Å². The van der Waals surface area contributed by atoms with E-state index in [1.165, 1.54) is 0 Å². The maximum Gasteiger partial charge on any atom is 0.417 e. The molecule has 1 aliphatic heterocycles. The second kappa shape index (κ2) is 5.16. The van der Waals surface area contributed by atoms with Crippen molar-refractivity contribution in [3.8, 4) is 0 Å². The van der Waals surface area contributed by atoms with Crippen LogP contribution in [0.4, 0.5) is 11.4 Å². The number of aromatic amines is 1. The van der Waals surface area contributed by atoms with Gasteiger partial charge in [-0.05, 0) is 18.9 Å². The van der Waals surface area contributed by atoms with Crippen molar-refractivity contribution >= 4 is 28.4 Å². The van der Waals surface area contributed by atoms with Crippen LogP contribution < -0.4 is 16.4 Å². The van der Waals surface area contributed by atoms with Gasteiger partial charge in [0.15, 0.2) is 5.58 Å². The van der Waals surface area contributed by atoms with Gasteiger partial charge in [-0.25, -0.2) is 4.79 Å². The minimum Gasteiger partial charge on any atom is -0.408 e. The Morgan fingerprint density at radius 3 is 2.86 bits per heavy atom. The number of anilines is 2. The number of carbonyl (C=O) groups is 1. The molecule has 7 heteroatoms. The van der Waals surface area contributed by atoms with Crippen molar-refractivity contribution in [3.05, 3.63) is 22.7 Å². The summed E-state index contributed by atoms with van der Waals surface area (Å²) in [4.78, 5) is 29.6. The van der Waals surface area contributed by atoms with Crippen molar-refractivity contribution in [1.82, 2.24) is 9.88 Å². The normalized spacial score (nSPS) is 14.8. The van der Waals surface area contributed by atoms with E-state index in [1.807, 2.05) is 11.9 Å². The maximum atomic E-state index is 12.2. The first-order valence-electron chi connectivity index (χ1n) is 6.96. The van der Waals surface area contributed by atoms with E-state index in [2.05, 4.69) is 4.98 Å². The van der Waals surface area contributed by atoms with Crippen molar-refractivity contribution in [2.75, 3.05) is 37.3 Å². The Bertz CT molecular complexity index is 727. The molecular weight excluding hydrogens is 272 g/mol. The van der Waals surface area contributed by atoms with E-state index >= 15 is 0 Å². The van der Waals surface area contributed by atoms with Gasteiger partial charge in [0.05, 0.1) is 23.4 Å². The van der Waals surface area contributed by atoms with Gasteiger partial charge in [0.25, 0.3) is 0 Å². The molecule has 1 aliphatic rings. The quantitative estimate of drug-likeness (QED) is 0.814. The monoisotopic (exact) mass is 290 g/mol. The fraction of sp³-hybridized carbons (Fsp3) is 0.429. The fourth-order valence-corrected chi connectivity index (χ4v) is 2.69. The molecule has 1 fully saturated rings. The van der Waals surface area contributed by atoms with Crippen molar-refractivity contribution in [3.63, 3.8) is 0 Å². The van der Waals surface area contributed by atoms with Crippen molar-refractivity contribution in [2.24, 2.45) is 0 Å². The molecular formula is C14H18N4O3. The van der Waals surface area contributed by atoms with Crippen LogP contribution in [0.15, 0.2) is 21.3 Å². The molecule has 21 heavy (non-hydrogen) atoms.